The number of aromatic amines is 1. The van der Waals surface area contributed by atoms with Gasteiger partial charge in [-0.05, 0) is 30.2 Å². The van der Waals surface area contributed by atoms with Crippen molar-refractivity contribution in [2.24, 2.45) is 0 Å². The van der Waals surface area contributed by atoms with Crippen molar-refractivity contribution < 1.29 is 4.79 Å². The smallest absolute Gasteiger partial charge is 0.319 e. The number of anilines is 1. The van der Waals surface area contributed by atoms with E-state index in [1.54, 1.807) is 0 Å². The van der Waals surface area contributed by atoms with Gasteiger partial charge >= 0.3 is 6.03 Å². The van der Waals surface area contributed by atoms with Gasteiger partial charge in [0, 0.05) is 5.69 Å². The lowest BCUT2D eigenvalue weighted by atomic mass is 10.1. The molecule has 3 aromatic rings. The minimum absolute atomic E-state index is 0.276. The molecule has 1 aromatic heterocycles. The van der Waals surface area contributed by atoms with E-state index in [-0.39, 0.29) is 12.6 Å². The molecule has 0 spiro atoms. The molecule has 0 aliphatic heterocycles. The van der Waals surface area contributed by atoms with Crippen LogP contribution in [0.4, 0.5) is 10.5 Å². The molecule has 0 bridgehead atoms. The predicted octanol–water partition coefficient (Wildman–Crippen LogP) is 3.10. The molecule has 0 unspecified atom stereocenters. The lowest BCUT2D eigenvalue weighted by molar-refractivity contribution is 0.251. The summed E-state index contributed by atoms with van der Waals surface area (Å²) in [4.78, 5) is 16.0. The monoisotopic (exact) mass is 307 g/mol. The average molecular weight is 307 g/mol. The van der Waals surface area contributed by atoms with Crippen LogP contribution in [-0.2, 0) is 6.54 Å². The van der Waals surface area contributed by atoms with Crippen LogP contribution in [0.1, 0.15) is 11.6 Å². The zero-order chi connectivity index (χ0) is 16.1. The Bertz CT molecular complexity index is 780. The van der Waals surface area contributed by atoms with Crippen molar-refractivity contribution in [2.45, 2.75) is 13.5 Å². The van der Waals surface area contributed by atoms with E-state index >= 15 is 0 Å². The van der Waals surface area contributed by atoms with E-state index in [0.717, 1.165) is 22.6 Å². The standard InChI is InChI=1S/C17H17N5O/c1-12-19-16(22-21-12)11-18-17(23)20-15-9-7-14(8-10-15)13-5-3-2-4-6-13/h2-10H,11H2,1H3,(H2,18,20,23)(H,19,21,22). The third kappa shape index (κ3) is 3.94. The molecule has 6 nitrogen and oxygen atoms in total. The van der Waals surface area contributed by atoms with E-state index in [2.05, 4.69) is 25.8 Å². The minimum atomic E-state index is -0.292. The van der Waals surface area contributed by atoms with Gasteiger partial charge in [-0.1, -0.05) is 42.5 Å². The van der Waals surface area contributed by atoms with Crippen molar-refractivity contribution in [1.29, 1.82) is 0 Å². The average Bonchev–Trinajstić information content (AvgIpc) is 3.00. The SMILES string of the molecule is Cc1nc(CNC(=O)Nc2ccc(-c3ccccc3)cc2)n[nH]1. The lowest BCUT2D eigenvalue weighted by Gasteiger charge is -2.07. The normalized spacial score (nSPS) is 10.3. The Kier molecular flexibility index (Phi) is 4.33. The largest absolute Gasteiger partial charge is 0.330 e. The summed E-state index contributed by atoms with van der Waals surface area (Å²) in [5.41, 5.74) is 2.98. The Morgan fingerprint density at radius 3 is 2.39 bits per heavy atom. The van der Waals surface area contributed by atoms with E-state index < -0.39 is 0 Å². The van der Waals surface area contributed by atoms with E-state index in [0.29, 0.717) is 5.82 Å². The Hall–Kier alpha value is -3.15. The Labute approximate surface area is 134 Å². The fourth-order valence-corrected chi connectivity index (χ4v) is 2.18. The quantitative estimate of drug-likeness (QED) is 0.692. The number of H-pyrrole nitrogens is 1. The molecular formula is C17H17N5O. The first-order valence-electron chi connectivity index (χ1n) is 7.29. The van der Waals surface area contributed by atoms with Crippen LogP contribution in [0.2, 0.25) is 0 Å². The van der Waals surface area contributed by atoms with Gasteiger partial charge in [0.15, 0.2) is 5.82 Å². The molecule has 3 N–H and O–H groups in total. The molecule has 3 rings (SSSR count). The topological polar surface area (TPSA) is 82.7 Å². The number of hydrogen-bond donors (Lipinski definition) is 3. The van der Waals surface area contributed by atoms with E-state index in [1.807, 2.05) is 61.5 Å². The van der Waals surface area contributed by atoms with Crippen molar-refractivity contribution in [2.75, 3.05) is 5.32 Å². The predicted molar refractivity (Wildman–Crippen MR) is 88.9 cm³/mol. The number of hydrogen-bond acceptors (Lipinski definition) is 3. The summed E-state index contributed by atoms with van der Waals surface area (Å²) in [6.07, 6.45) is 0. The van der Waals surface area contributed by atoms with Gasteiger partial charge in [-0.25, -0.2) is 9.78 Å². The fraction of sp³-hybridized carbons (Fsp3) is 0.118. The molecule has 0 aliphatic carbocycles. The molecule has 0 fully saturated rings. The molecular weight excluding hydrogens is 290 g/mol. The maximum Gasteiger partial charge on any atom is 0.319 e. The Balaban J connectivity index is 1.56. The number of rotatable bonds is 4. The number of aromatic nitrogens is 3. The van der Waals surface area contributed by atoms with Gasteiger partial charge < -0.3 is 10.6 Å². The van der Waals surface area contributed by atoms with E-state index in [1.165, 1.54) is 0 Å². The number of carbonyl (C=O) groups is 1. The molecule has 0 radical (unpaired) electrons. The van der Waals surface area contributed by atoms with Crippen LogP contribution >= 0.6 is 0 Å². The highest BCUT2D eigenvalue weighted by Gasteiger charge is 2.05. The third-order valence-electron chi connectivity index (χ3n) is 3.30. The molecule has 0 saturated heterocycles. The summed E-state index contributed by atoms with van der Waals surface area (Å²) >= 11 is 0. The van der Waals surface area contributed by atoms with Crippen LogP contribution in [0.3, 0.4) is 0 Å². The van der Waals surface area contributed by atoms with Gasteiger partial charge in [0.05, 0.1) is 6.54 Å². The minimum Gasteiger partial charge on any atom is -0.330 e. The van der Waals surface area contributed by atoms with Gasteiger partial charge in [0.2, 0.25) is 0 Å². The van der Waals surface area contributed by atoms with Crippen molar-refractivity contribution in [3.05, 3.63) is 66.2 Å². The molecule has 116 valence electrons. The maximum atomic E-state index is 11.9. The number of aryl methyl sites for hydroxylation is 1. The third-order valence-corrected chi connectivity index (χ3v) is 3.30. The maximum absolute atomic E-state index is 11.9. The van der Waals surface area contributed by atoms with Crippen LogP contribution < -0.4 is 10.6 Å². The first-order chi connectivity index (χ1) is 11.2. The van der Waals surface area contributed by atoms with Crippen molar-refractivity contribution in [3.8, 4) is 11.1 Å². The van der Waals surface area contributed by atoms with Crippen molar-refractivity contribution in [3.63, 3.8) is 0 Å². The summed E-state index contributed by atoms with van der Waals surface area (Å²) in [6, 6.07) is 17.5. The Morgan fingerprint density at radius 2 is 1.74 bits per heavy atom. The summed E-state index contributed by atoms with van der Waals surface area (Å²) < 4.78 is 0. The van der Waals surface area contributed by atoms with Gasteiger partial charge in [0.25, 0.3) is 0 Å². The highest BCUT2D eigenvalue weighted by atomic mass is 16.2. The number of nitrogens with one attached hydrogen (secondary N) is 3. The molecule has 6 heteroatoms. The molecule has 0 saturated carbocycles. The summed E-state index contributed by atoms with van der Waals surface area (Å²) in [5, 5.41) is 12.2. The van der Waals surface area contributed by atoms with Gasteiger partial charge in [-0.2, -0.15) is 5.10 Å². The molecule has 0 atom stereocenters. The van der Waals surface area contributed by atoms with Crippen LogP contribution in [0.5, 0.6) is 0 Å². The number of nitrogens with zero attached hydrogens (tertiary/aromatic N) is 2. The summed E-state index contributed by atoms with van der Waals surface area (Å²) in [6.45, 7) is 2.09. The lowest BCUT2D eigenvalue weighted by Crippen LogP contribution is -2.28. The van der Waals surface area contributed by atoms with Crippen molar-refractivity contribution >= 4 is 11.7 Å². The molecule has 1 heterocycles. The summed E-state index contributed by atoms with van der Waals surface area (Å²) in [5.74, 6) is 1.27. The first-order valence-corrected chi connectivity index (χ1v) is 7.29. The second-order valence-corrected chi connectivity index (χ2v) is 5.09. The van der Waals surface area contributed by atoms with Crippen molar-refractivity contribution in [1.82, 2.24) is 20.5 Å². The number of urea groups is 1. The summed E-state index contributed by atoms with van der Waals surface area (Å²) in [7, 11) is 0. The molecule has 2 amide bonds. The second-order valence-electron chi connectivity index (χ2n) is 5.09. The number of amides is 2. The van der Waals surface area contributed by atoms with Gasteiger partial charge in [-0.3, -0.25) is 5.10 Å². The highest BCUT2D eigenvalue weighted by molar-refractivity contribution is 5.89. The van der Waals surface area contributed by atoms with E-state index in [9.17, 15) is 4.79 Å². The first kappa shape index (κ1) is 14.8. The highest BCUT2D eigenvalue weighted by Crippen LogP contribution is 2.20. The number of carbonyl (C=O) groups excluding carboxylic acids is 1. The number of benzene rings is 2. The second kappa shape index (κ2) is 6.74. The molecule has 0 aliphatic rings. The van der Waals surface area contributed by atoms with Gasteiger partial charge in [-0.15, -0.1) is 0 Å². The van der Waals surface area contributed by atoms with Crippen LogP contribution in [0.15, 0.2) is 54.6 Å². The zero-order valence-corrected chi connectivity index (χ0v) is 12.7. The zero-order valence-electron chi connectivity index (χ0n) is 12.7. The van der Waals surface area contributed by atoms with Crippen LogP contribution in [-0.4, -0.2) is 21.2 Å². The Morgan fingerprint density at radius 1 is 1.04 bits per heavy atom. The van der Waals surface area contributed by atoms with Crippen LogP contribution in [0, 0.1) is 6.92 Å². The fourth-order valence-electron chi connectivity index (χ4n) is 2.18. The van der Waals surface area contributed by atoms with E-state index in [4.69, 9.17) is 0 Å². The molecule has 23 heavy (non-hydrogen) atoms. The molecule has 2 aromatic carbocycles. The van der Waals surface area contributed by atoms with Crippen LogP contribution in [0.25, 0.3) is 11.1 Å². The van der Waals surface area contributed by atoms with Gasteiger partial charge in [0.1, 0.15) is 5.82 Å².